The number of thioether (sulfide) groups is 1. The molecule has 0 aromatic heterocycles. The monoisotopic (exact) mass is 441 g/mol. The highest BCUT2D eigenvalue weighted by molar-refractivity contribution is 8.00. The van der Waals surface area contributed by atoms with Crippen LogP contribution in [0.1, 0.15) is 55.3 Å². The van der Waals surface area contributed by atoms with Gasteiger partial charge in [-0.05, 0) is 50.2 Å². The van der Waals surface area contributed by atoms with Crippen LogP contribution in [-0.4, -0.2) is 35.3 Å². The van der Waals surface area contributed by atoms with Crippen molar-refractivity contribution in [3.05, 3.63) is 59.7 Å². The van der Waals surface area contributed by atoms with E-state index < -0.39 is 16.6 Å². The maximum Gasteiger partial charge on any atom is 0.339 e. The van der Waals surface area contributed by atoms with E-state index in [0.29, 0.717) is 21.7 Å². The van der Waals surface area contributed by atoms with Gasteiger partial charge in [0, 0.05) is 21.6 Å². The summed E-state index contributed by atoms with van der Waals surface area (Å²) < 4.78 is 5.20. The topological polar surface area (TPSA) is 89.5 Å². The predicted molar refractivity (Wildman–Crippen MR) is 122 cm³/mol. The van der Waals surface area contributed by atoms with Crippen LogP contribution in [0.5, 0.6) is 0 Å². The third kappa shape index (κ3) is 7.07. The summed E-state index contributed by atoms with van der Waals surface area (Å²) in [6.07, 6.45) is 0. The van der Waals surface area contributed by atoms with Crippen LogP contribution in [-0.2, 0) is 14.3 Å². The molecule has 0 spiro atoms. The maximum atomic E-state index is 12.6. The third-order valence-corrected chi connectivity index (χ3v) is 5.69. The molecule has 1 amide bonds. The summed E-state index contributed by atoms with van der Waals surface area (Å²) in [5, 5.41) is 2.30. The van der Waals surface area contributed by atoms with Gasteiger partial charge < -0.3 is 10.1 Å². The Morgan fingerprint density at radius 2 is 1.61 bits per heavy atom. The van der Waals surface area contributed by atoms with Crippen molar-refractivity contribution in [2.75, 3.05) is 11.9 Å². The first-order valence-electron chi connectivity index (χ1n) is 9.87. The Bertz CT molecular complexity index is 976. The van der Waals surface area contributed by atoms with Crippen LogP contribution < -0.4 is 5.32 Å². The summed E-state index contributed by atoms with van der Waals surface area (Å²) in [5.41, 5.74) is 0.859. The second-order valence-corrected chi connectivity index (χ2v) is 9.51. The molecule has 2 aromatic rings. The van der Waals surface area contributed by atoms with Gasteiger partial charge in [-0.2, -0.15) is 0 Å². The molecule has 2 aromatic carbocycles. The Labute approximate surface area is 186 Å². The highest BCUT2D eigenvalue weighted by atomic mass is 32.2. The van der Waals surface area contributed by atoms with Gasteiger partial charge in [0.05, 0.1) is 10.8 Å². The normalized spacial score (nSPS) is 12.0. The van der Waals surface area contributed by atoms with Crippen molar-refractivity contribution in [1.29, 1.82) is 0 Å². The molecule has 0 saturated carbocycles. The van der Waals surface area contributed by atoms with Crippen LogP contribution >= 0.6 is 11.8 Å². The second-order valence-electron chi connectivity index (χ2n) is 8.13. The highest BCUT2D eigenvalue weighted by Gasteiger charge is 2.24. The van der Waals surface area contributed by atoms with E-state index in [2.05, 4.69) is 5.32 Å². The molecule has 0 radical (unpaired) electrons. The molecule has 31 heavy (non-hydrogen) atoms. The molecule has 0 aliphatic carbocycles. The van der Waals surface area contributed by atoms with Crippen molar-refractivity contribution in [1.82, 2.24) is 0 Å². The first-order chi connectivity index (χ1) is 14.5. The number of ketones is 2. The van der Waals surface area contributed by atoms with Gasteiger partial charge in [-0.3, -0.25) is 14.4 Å². The van der Waals surface area contributed by atoms with E-state index in [9.17, 15) is 19.2 Å². The summed E-state index contributed by atoms with van der Waals surface area (Å²) >= 11 is 1.22. The number of carbonyl (C=O) groups is 4. The summed E-state index contributed by atoms with van der Waals surface area (Å²) in [6, 6.07) is 13.5. The van der Waals surface area contributed by atoms with E-state index in [1.807, 2.05) is 0 Å². The summed E-state index contributed by atoms with van der Waals surface area (Å²) in [4.78, 5) is 49.1. The van der Waals surface area contributed by atoms with Gasteiger partial charge in [-0.25, -0.2) is 4.79 Å². The Hall–Kier alpha value is -2.93. The standard InChI is InChI=1S/C24H27NO5S/c1-15(26)17-10-12-18(13-11-17)25-22(28)16(2)31-20-9-7-6-8-19(20)23(29)30-14-21(27)24(3,4)5/h6-13,16H,14H2,1-5H3,(H,25,28)/t16-/m1/s1. The number of rotatable bonds is 8. The van der Waals surface area contributed by atoms with Crippen molar-refractivity contribution in [2.45, 2.75) is 44.8 Å². The predicted octanol–water partition coefficient (Wildman–Crippen LogP) is 4.78. The molecule has 0 fully saturated rings. The second kappa shape index (κ2) is 10.4. The molecule has 0 aliphatic heterocycles. The fourth-order valence-corrected chi connectivity index (χ4v) is 3.42. The van der Waals surface area contributed by atoms with E-state index in [0.717, 1.165) is 0 Å². The number of esters is 1. The van der Waals surface area contributed by atoms with Crippen molar-refractivity contribution in [3.8, 4) is 0 Å². The van der Waals surface area contributed by atoms with Gasteiger partial charge in [0.25, 0.3) is 0 Å². The van der Waals surface area contributed by atoms with Crippen LogP contribution in [0, 0.1) is 5.41 Å². The van der Waals surface area contributed by atoms with Crippen LogP contribution in [0.25, 0.3) is 0 Å². The van der Waals surface area contributed by atoms with Crippen molar-refractivity contribution < 1.29 is 23.9 Å². The van der Waals surface area contributed by atoms with Crippen LogP contribution in [0.3, 0.4) is 0 Å². The molecule has 1 N–H and O–H groups in total. The molecule has 1 atom stereocenters. The Balaban J connectivity index is 2.03. The highest BCUT2D eigenvalue weighted by Crippen LogP contribution is 2.28. The number of ether oxygens (including phenoxy) is 1. The molecular weight excluding hydrogens is 414 g/mol. The minimum absolute atomic E-state index is 0.0468. The summed E-state index contributed by atoms with van der Waals surface area (Å²) in [5.74, 6) is -1.07. The van der Waals surface area contributed by atoms with E-state index in [-0.39, 0.29) is 24.1 Å². The van der Waals surface area contributed by atoms with E-state index in [4.69, 9.17) is 4.74 Å². The molecule has 0 aliphatic rings. The van der Waals surface area contributed by atoms with E-state index in [1.165, 1.54) is 18.7 Å². The average molecular weight is 442 g/mol. The number of amides is 1. The average Bonchev–Trinajstić information content (AvgIpc) is 2.71. The van der Waals surface area contributed by atoms with Crippen LogP contribution in [0.2, 0.25) is 0 Å². The maximum absolute atomic E-state index is 12.6. The van der Waals surface area contributed by atoms with Crippen molar-refractivity contribution in [3.63, 3.8) is 0 Å². The summed E-state index contributed by atoms with van der Waals surface area (Å²) in [7, 11) is 0. The third-order valence-electron chi connectivity index (χ3n) is 4.51. The molecule has 7 heteroatoms. The number of anilines is 1. The molecule has 0 heterocycles. The van der Waals surface area contributed by atoms with Gasteiger partial charge in [0.15, 0.2) is 18.2 Å². The van der Waals surface area contributed by atoms with E-state index >= 15 is 0 Å². The zero-order chi connectivity index (χ0) is 23.2. The Kier molecular flexibility index (Phi) is 8.16. The Morgan fingerprint density at radius 1 is 1.00 bits per heavy atom. The minimum atomic E-state index is -0.604. The zero-order valence-corrected chi connectivity index (χ0v) is 19.2. The van der Waals surface area contributed by atoms with Gasteiger partial charge in [-0.15, -0.1) is 11.8 Å². The molecule has 164 valence electrons. The van der Waals surface area contributed by atoms with Crippen LogP contribution in [0.4, 0.5) is 5.69 Å². The molecule has 0 unspecified atom stereocenters. The van der Waals surface area contributed by atoms with Crippen molar-refractivity contribution in [2.24, 2.45) is 5.41 Å². The fraction of sp³-hybridized carbons (Fsp3) is 0.333. The number of hydrogen-bond donors (Lipinski definition) is 1. The molecule has 0 bridgehead atoms. The number of nitrogens with one attached hydrogen (secondary N) is 1. The smallest absolute Gasteiger partial charge is 0.339 e. The van der Waals surface area contributed by atoms with Gasteiger partial charge in [-0.1, -0.05) is 32.9 Å². The lowest BCUT2D eigenvalue weighted by atomic mass is 9.91. The Morgan fingerprint density at radius 3 is 2.19 bits per heavy atom. The SMILES string of the molecule is CC(=O)c1ccc(NC(=O)[C@@H](C)Sc2ccccc2C(=O)OCC(=O)C(C)(C)C)cc1. The van der Waals surface area contributed by atoms with E-state index in [1.54, 1.807) is 76.2 Å². The van der Waals surface area contributed by atoms with Crippen molar-refractivity contribution >= 4 is 40.9 Å². The van der Waals surface area contributed by atoms with Crippen LogP contribution in [0.15, 0.2) is 53.4 Å². The first kappa shape index (κ1) is 24.3. The quantitative estimate of drug-likeness (QED) is 0.360. The molecule has 0 saturated heterocycles. The zero-order valence-electron chi connectivity index (χ0n) is 18.4. The van der Waals surface area contributed by atoms with Gasteiger partial charge >= 0.3 is 5.97 Å². The number of hydrogen-bond acceptors (Lipinski definition) is 6. The molecular formula is C24H27NO5S. The minimum Gasteiger partial charge on any atom is -0.454 e. The number of Topliss-reactive ketones (excluding diaryl/α,β-unsaturated/α-hetero) is 2. The summed E-state index contributed by atoms with van der Waals surface area (Å²) in [6.45, 7) is 8.21. The number of benzene rings is 2. The van der Waals surface area contributed by atoms with Gasteiger partial charge in [0.1, 0.15) is 0 Å². The first-order valence-corrected chi connectivity index (χ1v) is 10.7. The lowest BCUT2D eigenvalue weighted by Crippen LogP contribution is -2.26. The molecule has 2 rings (SSSR count). The largest absolute Gasteiger partial charge is 0.454 e. The molecule has 6 nitrogen and oxygen atoms in total. The number of carbonyl (C=O) groups excluding carboxylic acids is 4. The van der Waals surface area contributed by atoms with Gasteiger partial charge in [0.2, 0.25) is 5.91 Å². The lowest BCUT2D eigenvalue weighted by Gasteiger charge is -2.17. The fourth-order valence-electron chi connectivity index (χ4n) is 2.44. The lowest BCUT2D eigenvalue weighted by molar-refractivity contribution is -0.129.